The molecule has 4 rings (SSSR count). The molecule has 0 radical (unpaired) electrons. The number of hydrogen-bond acceptors (Lipinski definition) is 8. The summed E-state index contributed by atoms with van der Waals surface area (Å²) >= 11 is 6.01. The average molecular weight is 517 g/mol. The van der Waals surface area contributed by atoms with Gasteiger partial charge in [-0.1, -0.05) is 11.6 Å². The molecule has 12 heteroatoms. The van der Waals surface area contributed by atoms with Crippen molar-refractivity contribution in [1.29, 1.82) is 0 Å². The van der Waals surface area contributed by atoms with Crippen molar-refractivity contribution in [3.63, 3.8) is 0 Å². The molecule has 1 aliphatic heterocycles. The first-order valence-electron chi connectivity index (χ1n) is 11.0. The van der Waals surface area contributed by atoms with Crippen LogP contribution in [0.2, 0.25) is 5.02 Å². The van der Waals surface area contributed by atoms with E-state index in [9.17, 15) is 18.3 Å². The van der Waals surface area contributed by atoms with Crippen LogP contribution in [0.15, 0.2) is 59.8 Å². The number of phenols is 1. The molecule has 2 aromatic carbocycles. The van der Waals surface area contributed by atoms with Gasteiger partial charge in [-0.25, -0.2) is 23.4 Å². The van der Waals surface area contributed by atoms with Crippen LogP contribution in [0.3, 0.4) is 0 Å². The minimum Gasteiger partial charge on any atom is -0.508 e. The maximum Gasteiger partial charge on any atom is 0.257 e. The first-order valence-corrected chi connectivity index (χ1v) is 12.9. The zero-order chi connectivity index (χ0) is 25.0. The van der Waals surface area contributed by atoms with E-state index in [2.05, 4.69) is 20.6 Å². The summed E-state index contributed by atoms with van der Waals surface area (Å²) < 4.78 is 27.6. The number of sulfonamides is 1. The average Bonchev–Trinajstić information content (AvgIpc) is 3.37. The third-order valence-corrected chi connectivity index (χ3v) is 7.70. The number of nitrogens with one attached hydrogen (secondary N) is 2. The number of hydrazine groups is 1. The minimum atomic E-state index is -3.64. The van der Waals surface area contributed by atoms with Crippen molar-refractivity contribution >= 4 is 44.9 Å². The normalized spacial score (nSPS) is 14.3. The molecule has 1 aromatic heterocycles. The Kier molecular flexibility index (Phi) is 7.51. The summed E-state index contributed by atoms with van der Waals surface area (Å²) in [6.45, 7) is 3.67. The topological polar surface area (TPSA) is 128 Å². The Hall–Kier alpha value is -3.25. The summed E-state index contributed by atoms with van der Waals surface area (Å²) in [5.41, 5.74) is 1.06. The van der Waals surface area contributed by atoms with Crippen molar-refractivity contribution in [2.75, 3.05) is 30.3 Å². The van der Waals surface area contributed by atoms with E-state index in [0.717, 1.165) is 25.9 Å². The number of hydrogen-bond donors (Lipinski definition) is 3. The molecular weight excluding hydrogens is 492 g/mol. The lowest BCUT2D eigenvalue weighted by Gasteiger charge is -2.29. The maximum absolute atomic E-state index is 13.1. The van der Waals surface area contributed by atoms with Crippen molar-refractivity contribution in [3.05, 3.63) is 65.4 Å². The molecule has 3 N–H and O–H groups in total. The van der Waals surface area contributed by atoms with Crippen molar-refractivity contribution in [1.82, 2.24) is 19.4 Å². The monoisotopic (exact) mass is 516 g/mol. The number of aromatic nitrogens is 2. The molecule has 0 bridgehead atoms. The van der Waals surface area contributed by atoms with Crippen molar-refractivity contribution in [2.45, 2.75) is 24.7 Å². The fourth-order valence-electron chi connectivity index (χ4n) is 3.75. The van der Waals surface area contributed by atoms with Gasteiger partial charge in [0.2, 0.25) is 5.95 Å². The van der Waals surface area contributed by atoms with E-state index in [0.29, 0.717) is 17.9 Å². The van der Waals surface area contributed by atoms with Gasteiger partial charge in [0.25, 0.3) is 15.9 Å². The number of carbonyl (C=O) groups is 1. The van der Waals surface area contributed by atoms with E-state index in [4.69, 9.17) is 11.6 Å². The van der Waals surface area contributed by atoms with Crippen LogP contribution in [0.5, 0.6) is 5.75 Å². The standard InChI is InChI=1S/C23H25ClN6O4S/c1-2-30(29-11-3-4-12-29)35(33,34)19-8-5-16(6-9-19)28-23-25-14-17(15-26-23)27-22(32)20-13-18(31)7-10-21(20)24/h5-10,13-15,31H,2-4,11-12H2,1H3,(H,27,32)(H,25,26,28). The highest BCUT2D eigenvalue weighted by molar-refractivity contribution is 7.89. The largest absolute Gasteiger partial charge is 0.508 e. The molecule has 1 aliphatic rings. The summed E-state index contributed by atoms with van der Waals surface area (Å²) in [5, 5.41) is 17.3. The number of rotatable bonds is 8. The van der Waals surface area contributed by atoms with Crippen LogP contribution in [0.1, 0.15) is 30.1 Å². The molecule has 1 amide bonds. The fraction of sp³-hybridized carbons (Fsp3) is 0.261. The lowest BCUT2D eigenvalue weighted by Crippen LogP contribution is -2.44. The Bertz CT molecular complexity index is 1300. The third kappa shape index (κ3) is 5.70. The number of carbonyl (C=O) groups excluding carboxylic acids is 1. The van der Waals surface area contributed by atoms with Crippen LogP contribution in [0.25, 0.3) is 0 Å². The van der Waals surface area contributed by atoms with E-state index in [-0.39, 0.29) is 27.2 Å². The van der Waals surface area contributed by atoms with Crippen LogP contribution in [-0.4, -0.2) is 58.5 Å². The number of amides is 1. The number of nitrogens with zero attached hydrogens (tertiary/aromatic N) is 4. The second-order valence-corrected chi connectivity index (χ2v) is 10.1. The second-order valence-electron chi connectivity index (χ2n) is 7.87. The molecule has 1 fully saturated rings. The van der Waals surface area contributed by atoms with Crippen molar-refractivity contribution in [3.8, 4) is 5.75 Å². The third-order valence-electron chi connectivity index (χ3n) is 5.46. The van der Waals surface area contributed by atoms with E-state index < -0.39 is 15.9 Å². The van der Waals surface area contributed by atoms with Gasteiger partial charge < -0.3 is 15.7 Å². The summed E-state index contributed by atoms with van der Waals surface area (Å²) in [4.78, 5) is 21.0. The van der Waals surface area contributed by atoms with Gasteiger partial charge in [0.15, 0.2) is 0 Å². The smallest absolute Gasteiger partial charge is 0.257 e. The predicted octanol–water partition coefficient (Wildman–Crippen LogP) is 3.85. The zero-order valence-corrected chi connectivity index (χ0v) is 20.6. The molecule has 35 heavy (non-hydrogen) atoms. The fourth-order valence-corrected chi connectivity index (χ4v) is 5.48. The number of halogens is 1. The molecule has 0 saturated carbocycles. The van der Waals surface area contributed by atoms with Gasteiger partial charge >= 0.3 is 0 Å². The quantitative estimate of drug-likeness (QED) is 0.412. The lowest BCUT2D eigenvalue weighted by atomic mass is 10.2. The van der Waals surface area contributed by atoms with Gasteiger partial charge in [-0.3, -0.25) is 4.79 Å². The first kappa shape index (κ1) is 24.9. The van der Waals surface area contributed by atoms with Gasteiger partial charge in [0.1, 0.15) is 5.75 Å². The van der Waals surface area contributed by atoms with Gasteiger partial charge in [-0.05, 0) is 62.2 Å². The Morgan fingerprint density at radius 3 is 2.37 bits per heavy atom. The minimum absolute atomic E-state index is 0.0763. The molecule has 0 spiro atoms. The Morgan fingerprint density at radius 2 is 1.74 bits per heavy atom. The maximum atomic E-state index is 13.1. The number of benzene rings is 2. The van der Waals surface area contributed by atoms with Crippen LogP contribution < -0.4 is 10.6 Å². The summed E-state index contributed by atoms with van der Waals surface area (Å²) in [7, 11) is -3.64. The summed E-state index contributed by atoms with van der Waals surface area (Å²) in [5.74, 6) is -0.323. The molecule has 184 valence electrons. The molecule has 3 aromatic rings. The van der Waals surface area contributed by atoms with Gasteiger partial charge in [-0.2, -0.15) is 0 Å². The summed E-state index contributed by atoms with van der Waals surface area (Å²) in [6.07, 6.45) is 4.80. The number of aromatic hydroxyl groups is 1. The molecule has 10 nitrogen and oxygen atoms in total. The van der Waals surface area contributed by atoms with Crippen LogP contribution in [-0.2, 0) is 10.0 Å². The Labute approximate surface area is 208 Å². The molecule has 2 heterocycles. The first-order chi connectivity index (χ1) is 16.8. The van der Waals surface area contributed by atoms with Crippen LogP contribution in [0.4, 0.5) is 17.3 Å². The van der Waals surface area contributed by atoms with Crippen molar-refractivity contribution in [2.24, 2.45) is 0 Å². The number of phenolic OH excluding ortho intramolecular Hbond substituents is 1. The zero-order valence-electron chi connectivity index (χ0n) is 19.0. The highest BCUT2D eigenvalue weighted by Gasteiger charge is 2.30. The molecular formula is C23H25ClN6O4S. The Balaban J connectivity index is 1.41. The molecule has 0 unspecified atom stereocenters. The lowest BCUT2D eigenvalue weighted by molar-refractivity contribution is 0.0952. The highest BCUT2D eigenvalue weighted by Crippen LogP contribution is 2.24. The molecule has 1 saturated heterocycles. The predicted molar refractivity (Wildman–Crippen MR) is 133 cm³/mol. The van der Waals surface area contributed by atoms with Crippen molar-refractivity contribution < 1.29 is 18.3 Å². The van der Waals surface area contributed by atoms with Crippen LogP contribution in [0, 0.1) is 0 Å². The number of anilines is 3. The molecule has 0 aliphatic carbocycles. The van der Waals surface area contributed by atoms with Crippen LogP contribution >= 0.6 is 11.6 Å². The van der Waals surface area contributed by atoms with E-state index in [1.807, 2.05) is 11.9 Å². The highest BCUT2D eigenvalue weighted by atomic mass is 35.5. The second kappa shape index (κ2) is 10.6. The van der Waals surface area contributed by atoms with Gasteiger partial charge in [0.05, 0.1) is 33.6 Å². The van der Waals surface area contributed by atoms with Gasteiger partial charge in [0, 0.05) is 25.3 Å². The van der Waals surface area contributed by atoms with E-state index in [1.54, 1.807) is 24.3 Å². The molecule has 0 atom stereocenters. The van der Waals surface area contributed by atoms with E-state index >= 15 is 0 Å². The van der Waals surface area contributed by atoms with Gasteiger partial charge in [-0.15, -0.1) is 4.41 Å². The SMILES string of the molecule is CCN(N1CCCC1)S(=O)(=O)c1ccc(Nc2ncc(NC(=O)c3cc(O)ccc3Cl)cn2)cc1. The van der Waals surface area contributed by atoms with E-state index in [1.165, 1.54) is 35.0 Å². The summed E-state index contributed by atoms with van der Waals surface area (Å²) in [6, 6.07) is 10.5. The Morgan fingerprint density at radius 1 is 1.09 bits per heavy atom.